The molecule has 3 nitrogen and oxygen atoms in total. The second-order valence-electron chi connectivity index (χ2n) is 5.21. The molecular weight excluding hydrogens is 304 g/mol. The van der Waals surface area contributed by atoms with E-state index in [-0.39, 0.29) is 12.1 Å². The molecule has 106 valence electrons. The highest BCUT2D eigenvalue weighted by atomic mass is 79.9. The van der Waals surface area contributed by atoms with Gasteiger partial charge in [0, 0.05) is 29.6 Å². The van der Waals surface area contributed by atoms with E-state index in [1.54, 1.807) is 0 Å². The Morgan fingerprint density at radius 1 is 1.53 bits per heavy atom. The summed E-state index contributed by atoms with van der Waals surface area (Å²) in [6, 6.07) is 9.19. The fourth-order valence-corrected chi connectivity index (χ4v) is 3.20. The molecule has 0 spiro atoms. The number of nitrogens with two attached hydrogens (primary N) is 1. The van der Waals surface area contributed by atoms with E-state index in [0.29, 0.717) is 12.6 Å². The highest BCUT2D eigenvalue weighted by Crippen LogP contribution is 2.28. The standard InChI is InChI=1S/C15H23BrN2O/c1-3-14-10-19-11(2)9-18(14)15(8-17)12-5-4-6-13(16)7-12/h4-7,11,14-15H,3,8-10,17H2,1-2H3. The van der Waals surface area contributed by atoms with Crippen LogP contribution >= 0.6 is 15.9 Å². The van der Waals surface area contributed by atoms with E-state index in [4.69, 9.17) is 10.5 Å². The molecule has 1 aliphatic rings. The van der Waals surface area contributed by atoms with Gasteiger partial charge in [-0.2, -0.15) is 0 Å². The van der Waals surface area contributed by atoms with E-state index >= 15 is 0 Å². The lowest BCUT2D eigenvalue weighted by atomic mass is 10.0. The molecule has 1 fully saturated rings. The molecule has 0 bridgehead atoms. The Labute approximate surface area is 124 Å². The van der Waals surface area contributed by atoms with Gasteiger partial charge in [0.1, 0.15) is 0 Å². The van der Waals surface area contributed by atoms with Crippen molar-refractivity contribution in [2.24, 2.45) is 5.73 Å². The van der Waals surface area contributed by atoms with Crippen LogP contribution in [0.15, 0.2) is 28.7 Å². The van der Waals surface area contributed by atoms with Crippen molar-refractivity contribution in [2.75, 3.05) is 19.7 Å². The third-order valence-corrected chi connectivity index (χ3v) is 4.33. The van der Waals surface area contributed by atoms with Crippen molar-refractivity contribution in [3.05, 3.63) is 34.3 Å². The van der Waals surface area contributed by atoms with Crippen LogP contribution in [0.3, 0.4) is 0 Å². The molecule has 0 radical (unpaired) electrons. The molecule has 1 aromatic rings. The highest BCUT2D eigenvalue weighted by Gasteiger charge is 2.31. The summed E-state index contributed by atoms with van der Waals surface area (Å²) in [5.74, 6) is 0. The van der Waals surface area contributed by atoms with Crippen molar-refractivity contribution in [1.82, 2.24) is 4.90 Å². The fourth-order valence-electron chi connectivity index (χ4n) is 2.78. The second kappa shape index (κ2) is 6.84. The zero-order valence-corrected chi connectivity index (χ0v) is 13.3. The Morgan fingerprint density at radius 3 is 2.95 bits per heavy atom. The SMILES string of the molecule is CCC1COC(C)CN1C(CN)c1cccc(Br)c1. The third kappa shape index (κ3) is 3.57. The van der Waals surface area contributed by atoms with Crippen LogP contribution in [0.4, 0.5) is 0 Å². The van der Waals surface area contributed by atoms with Crippen molar-refractivity contribution in [3.63, 3.8) is 0 Å². The van der Waals surface area contributed by atoms with Crippen LogP contribution in [-0.4, -0.2) is 36.7 Å². The molecule has 2 rings (SSSR count). The minimum absolute atomic E-state index is 0.272. The molecular formula is C15H23BrN2O. The van der Waals surface area contributed by atoms with Gasteiger partial charge in [0.15, 0.2) is 0 Å². The fraction of sp³-hybridized carbons (Fsp3) is 0.600. The average molecular weight is 327 g/mol. The van der Waals surface area contributed by atoms with E-state index in [9.17, 15) is 0 Å². The van der Waals surface area contributed by atoms with Crippen molar-refractivity contribution >= 4 is 15.9 Å². The predicted molar refractivity (Wildman–Crippen MR) is 82.1 cm³/mol. The largest absolute Gasteiger partial charge is 0.376 e. The Morgan fingerprint density at radius 2 is 2.32 bits per heavy atom. The van der Waals surface area contributed by atoms with E-state index in [1.807, 2.05) is 0 Å². The predicted octanol–water partition coefficient (Wildman–Crippen LogP) is 2.95. The normalized spacial score (nSPS) is 26.3. The number of hydrogen-bond acceptors (Lipinski definition) is 3. The van der Waals surface area contributed by atoms with Crippen LogP contribution in [0.2, 0.25) is 0 Å². The lowest BCUT2D eigenvalue weighted by Crippen LogP contribution is -2.51. The van der Waals surface area contributed by atoms with Gasteiger partial charge in [-0.3, -0.25) is 4.90 Å². The zero-order chi connectivity index (χ0) is 13.8. The summed E-state index contributed by atoms with van der Waals surface area (Å²) in [7, 11) is 0. The maximum atomic E-state index is 6.05. The second-order valence-corrected chi connectivity index (χ2v) is 6.12. The Kier molecular flexibility index (Phi) is 5.39. The molecule has 0 aliphatic carbocycles. The van der Waals surface area contributed by atoms with Crippen molar-refractivity contribution in [1.29, 1.82) is 0 Å². The lowest BCUT2D eigenvalue weighted by Gasteiger charge is -2.43. The maximum absolute atomic E-state index is 6.05. The minimum atomic E-state index is 0.272. The molecule has 19 heavy (non-hydrogen) atoms. The van der Waals surface area contributed by atoms with Crippen molar-refractivity contribution in [2.45, 2.75) is 38.5 Å². The Bertz CT molecular complexity index is 413. The molecule has 1 aliphatic heterocycles. The average Bonchev–Trinajstić information content (AvgIpc) is 2.40. The number of nitrogens with zero attached hydrogens (tertiary/aromatic N) is 1. The topological polar surface area (TPSA) is 38.5 Å². The molecule has 4 heteroatoms. The van der Waals surface area contributed by atoms with Crippen LogP contribution in [-0.2, 0) is 4.74 Å². The molecule has 1 heterocycles. The van der Waals surface area contributed by atoms with Crippen molar-refractivity contribution < 1.29 is 4.74 Å². The number of ether oxygens (including phenoxy) is 1. The van der Waals surface area contributed by atoms with E-state index in [0.717, 1.165) is 24.0 Å². The van der Waals surface area contributed by atoms with Crippen LogP contribution < -0.4 is 5.73 Å². The van der Waals surface area contributed by atoms with Crippen LogP contribution in [0.5, 0.6) is 0 Å². The van der Waals surface area contributed by atoms with Gasteiger partial charge in [-0.15, -0.1) is 0 Å². The lowest BCUT2D eigenvalue weighted by molar-refractivity contribution is -0.0719. The smallest absolute Gasteiger partial charge is 0.0675 e. The molecule has 3 unspecified atom stereocenters. The van der Waals surface area contributed by atoms with Crippen LogP contribution in [0.1, 0.15) is 31.9 Å². The van der Waals surface area contributed by atoms with Gasteiger partial charge in [0.05, 0.1) is 12.7 Å². The van der Waals surface area contributed by atoms with Crippen LogP contribution in [0.25, 0.3) is 0 Å². The summed E-state index contributed by atoms with van der Waals surface area (Å²) < 4.78 is 6.88. The van der Waals surface area contributed by atoms with Gasteiger partial charge in [0.25, 0.3) is 0 Å². The molecule has 0 aromatic heterocycles. The maximum Gasteiger partial charge on any atom is 0.0675 e. The number of hydrogen-bond donors (Lipinski definition) is 1. The van der Waals surface area contributed by atoms with Gasteiger partial charge in [0.2, 0.25) is 0 Å². The highest BCUT2D eigenvalue weighted by molar-refractivity contribution is 9.10. The zero-order valence-electron chi connectivity index (χ0n) is 11.7. The minimum Gasteiger partial charge on any atom is -0.376 e. The number of morpholine rings is 1. The van der Waals surface area contributed by atoms with E-state index in [2.05, 4.69) is 58.9 Å². The molecule has 1 saturated heterocycles. The number of rotatable bonds is 4. The van der Waals surface area contributed by atoms with E-state index in [1.165, 1.54) is 5.56 Å². The van der Waals surface area contributed by atoms with Gasteiger partial charge >= 0.3 is 0 Å². The molecule has 3 atom stereocenters. The summed E-state index contributed by atoms with van der Waals surface area (Å²) in [4.78, 5) is 2.51. The van der Waals surface area contributed by atoms with Gasteiger partial charge in [-0.05, 0) is 31.0 Å². The monoisotopic (exact) mass is 326 g/mol. The molecule has 0 amide bonds. The first-order chi connectivity index (χ1) is 9.15. The first-order valence-corrected chi connectivity index (χ1v) is 7.77. The first kappa shape index (κ1) is 15.0. The van der Waals surface area contributed by atoms with Gasteiger partial charge < -0.3 is 10.5 Å². The van der Waals surface area contributed by atoms with E-state index < -0.39 is 0 Å². The number of halogens is 1. The number of benzene rings is 1. The molecule has 0 saturated carbocycles. The first-order valence-electron chi connectivity index (χ1n) is 6.98. The van der Waals surface area contributed by atoms with Gasteiger partial charge in [-0.1, -0.05) is 35.0 Å². The molecule has 1 aromatic carbocycles. The Hall–Kier alpha value is -0.420. The summed E-state index contributed by atoms with van der Waals surface area (Å²) in [6.45, 7) is 6.74. The van der Waals surface area contributed by atoms with Gasteiger partial charge in [-0.25, -0.2) is 0 Å². The quantitative estimate of drug-likeness (QED) is 0.924. The third-order valence-electron chi connectivity index (χ3n) is 3.84. The summed E-state index contributed by atoms with van der Waals surface area (Å²) in [6.07, 6.45) is 1.38. The molecule has 2 N–H and O–H groups in total. The van der Waals surface area contributed by atoms with Crippen LogP contribution in [0, 0.1) is 0 Å². The summed E-state index contributed by atoms with van der Waals surface area (Å²) in [5.41, 5.74) is 7.33. The summed E-state index contributed by atoms with van der Waals surface area (Å²) >= 11 is 3.54. The summed E-state index contributed by atoms with van der Waals surface area (Å²) in [5, 5.41) is 0. The Balaban J connectivity index is 2.23. The van der Waals surface area contributed by atoms with Crippen molar-refractivity contribution in [3.8, 4) is 0 Å².